The molecule has 1 fully saturated rings. The summed E-state index contributed by atoms with van der Waals surface area (Å²) in [5.41, 5.74) is 6.97. The number of aliphatic imine (C=N–C) groups is 1. The molecule has 1 aliphatic rings. The number of rotatable bonds is 8. The van der Waals surface area contributed by atoms with E-state index in [-0.39, 0.29) is 24.0 Å². The van der Waals surface area contributed by atoms with Gasteiger partial charge in [0.2, 0.25) is 0 Å². The molecule has 0 aliphatic carbocycles. The van der Waals surface area contributed by atoms with Crippen LogP contribution in [0.4, 0.5) is 5.82 Å². The molecule has 1 saturated heterocycles. The van der Waals surface area contributed by atoms with Crippen molar-refractivity contribution in [2.75, 3.05) is 24.5 Å². The number of nitrogens with zero attached hydrogens (tertiary/aromatic N) is 3. The Hall–Kier alpha value is -1.05. The van der Waals surface area contributed by atoms with Crippen molar-refractivity contribution in [3.05, 3.63) is 23.9 Å². The summed E-state index contributed by atoms with van der Waals surface area (Å²) in [4.78, 5) is 11.2. The topological polar surface area (TPSA) is 66.5 Å². The Morgan fingerprint density at radius 3 is 2.70 bits per heavy atom. The summed E-state index contributed by atoms with van der Waals surface area (Å²) in [6, 6.07) is 4.18. The highest BCUT2D eigenvalue weighted by molar-refractivity contribution is 14.0. The van der Waals surface area contributed by atoms with Gasteiger partial charge in [0, 0.05) is 25.8 Å². The fourth-order valence-corrected chi connectivity index (χ4v) is 2.64. The summed E-state index contributed by atoms with van der Waals surface area (Å²) < 4.78 is 0. The molecule has 3 N–H and O–H groups in total. The summed E-state index contributed by atoms with van der Waals surface area (Å²) in [7, 11) is 0. The molecule has 0 saturated carbocycles. The van der Waals surface area contributed by atoms with Gasteiger partial charge in [-0.3, -0.25) is 0 Å². The van der Waals surface area contributed by atoms with Crippen LogP contribution in [-0.4, -0.2) is 30.6 Å². The van der Waals surface area contributed by atoms with Crippen molar-refractivity contribution in [2.24, 2.45) is 10.7 Å². The van der Waals surface area contributed by atoms with Crippen molar-refractivity contribution in [2.45, 2.75) is 52.0 Å². The normalized spacial score (nSPS) is 14.7. The van der Waals surface area contributed by atoms with Crippen molar-refractivity contribution < 1.29 is 0 Å². The van der Waals surface area contributed by atoms with E-state index in [2.05, 4.69) is 39.2 Å². The van der Waals surface area contributed by atoms with Crippen molar-refractivity contribution in [3.8, 4) is 0 Å². The molecule has 0 radical (unpaired) electrons. The SMILES string of the molecule is CCCCCCNC(N)=NCc1ccc(N2CCCC2)nc1.I. The van der Waals surface area contributed by atoms with Gasteiger partial charge in [0.25, 0.3) is 0 Å². The van der Waals surface area contributed by atoms with Gasteiger partial charge in [-0.1, -0.05) is 32.3 Å². The van der Waals surface area contributed by atoms with Crippen LogP contribution >= 0.6 is 24.0 Å². The number of aromatic nitrogens is 1. The average molecular weight is 431 g/mol. The van der Waals surface area contributed by atoms with Gasteiger partial charge in [-0.15, -0.1) is 24.0 Å². The van der Waals surface area contributed by atoms with E-state index in [9.17, 15) is 0 Å². The first-order valence-corrected chi connectivity index (χ1v) is 8.53. The molecule has 0 unspecified atom stereocenters. The minimum absolute atomic E-state index is 0. The van der Waals surface area contributed by atoms with E-state index in [4.69, 9.17) is 5.73 Å². The molecule has 1 aliphatic heterocycles. The van der Waals surface area contributed by atoms with E-state index in [1.54, 1.807) is 0 Å². The minimum Gasteiger partial charge on any atom is -0.370 e. The van der Waals surface area contributed by atoms with Crippen LogP contribution in [0.1, 0.15) is 51.0 Å². The molecule has 23 heavy (non-hydrogen) atoms. The summed E-state index contributed by atoms with van der Waals surface area (Å²) >= 11 is 0. The van der Waals surface area contributed by atoms with Crippen LogP contribution in [0.5, 0.6) is 0 Å². The van der Waals surface area contributed by atoms with Crippen molar-refractivity contribution in [3.63, 3.8) is 0 Å². The maximum absolute atomic E-state index is 5.88. The molecule has 6 heteroatoms. The van der Waals surface area contributed by atoms with Gasteiger partial charge >= 0.3 is 0 Å². The number of nitrogens with two attached hydrogens (primary N) is 1. The van der Waals surface area contributed by atoms with Gasteiger partial charge in [0.15, 0.2) is 5.96 Å². The van der Waals surface area contributed by atoms with E-state index >= 15 is 0 Å². The first kappa shape index (κ1) is 20.0. The first-order valence-electron chi connectivity index (χ1n) is 8.53. The lowest BCUT2D eigenvalue weighted by Crippen LogP contribution is -2.32. The zero-order chi connectivity index (χ0) is 15.6. The Kier molecular flexibility index (Phi) is 9.98. The lowest BCUT2D eigenvalue weighted by Gasteiger charge is -2.16. The maximum Gasteiger partial charge on any atom is 0.188 e. The van der Waals surface area contributed by atoms with Gasteiger partial charge < -0.3 is 16.0 Å². The molecular formula is C17H30IN5. The van der Waals surface area contributed by atoms with Crippen molar-refractivity contribution in [1.82, 2.24) is 10.3 Å². The van der Waals surface area contributed by atoms with E-state index in [0.717, 1.165) is 37.4 Å². The summed E-state index contributed by atoms with van der Waals surface area (Å²) in [6.07, 6.45) is 9.39. The van der Waals surface area contributed by atoms with Crippen LogP contribution in [0.15, 0.2) is 23.3 Å². The zero-order valence-corrected chi connectivity index (χ0v) is 16.5. The number of anilines is 1. The molecule has 2 rings (SSSR count). The zero-order valence-electron chi connectivity index (χ0n) is 14.1. The Balaban J connectivity index is 0.00000264. The summed E-state index contributed by atoms with van der Waals surface area (Å²) in [5.74, 6) is 1.60. The van der Waals surface area contributed by atoms with Gasteiger partial charge in [-0.25, -0.2) is 9.98 Å². The Labute approximate surface area is 157 Å². The lowest BCUT2D eigenvalue weighted by molar-refractivity contribution is 0.652. The minimum atomic E-state index is 0. The average Bonchev–Trinajstić information content (AvgIpc) is 3.08. The number of hydrogen-bond donors (Lipinski definition) is 2. The molecule has 0 atom stereocenters. The fourth-order valence-electron chi connectivity index (χ4n) is 2.64. The number of pyridine rings is 1. The highest BCUT2D eigenvalue weighted by Gasteiger charge is 2.12. The molecule has 1 aromatic heterocycles. The fraction of sp³-hybridized carbons (Fsp3) is 0.647. The molecule has 0 amide bonds. The smallest absolute Gasteiger partial charge is 0.188 e. The van der Waals surface area contributed by atoms with Crippen LogP contribution in [0.2, 0.25) is 0 Å². The second-order valence-corrected chi connectivity index (χ2v) is 5.91. The second kappa shape index (κ2) is 11.5. The van der Waals surface area contributed by atoms with Crippen LogP contribution < -0.4 is 16.0 Å². The highest BCUT2D eigenvalue weighted by atomic mass is 127. The Bertz CT molecular complexity index is 455. The van der Waals surface area contributed by atoms with E-state index in [0.29, 0.717) is 12.5 Å². The van der Waals surface area contributed by atoms with Gasteiger partial charge in [0.1, 0.15) is 5.82 Å². The van der Waals surface area contributed by atoms with E-state index in [1.165, 1.54) is 32.1 Å². The largest absolute Gasteiger partial charge is 0.370 e. The first-order chi connectivity index (χ1) is 10.8. The molecule has 1 aromatic rings. The number of guanidine groups is 1. The van der Waals surface area contributed by atoms with Crippen LogP contribution in [0.25, 0.3) is 0 Å². The van der Waals surface area contributed by atoms with Gasteiger partial charge in [-0.2, -0.15) is 0 Å². The molecule has 0 bridgehead atoms. The molecule has 5 nitrogen and oxygen atoms in total. The Morgan fingerprint density at radius 2 is 2.04 bits per heavy atom. The lowest BCUT2D eigenvalue weighted by atomic mass is 10.2. The number of nitrogens with one attached hydrogen (secondary N) is 1. The predicted molar refractivity (Wildman–Crippen MR) is 109 cm³/mol. The second-order valence-electron chi connectivity index (χ2n) is 5.91. The molecule has 2 heterocycles. The van der Waals surface area contributed by atoms with Crippen LogP contribution in [-0.2, 0) is 6.54 Å². The number of unbranched alkanes of at least 4 members (excludes halogenated alkanes) is 3. The maximum atomic E-state index is 5.88. The molecule has 0 aromatic carbocycles. The van der Waals surface area contributed by atoms with Crippen molar-refractivity contribution in [1.29, 1.82) is 0 Å². The molecular weight excluding hydrogens is 401 g/mol. The third-order valence-electron chi connectivity index (χ3n) is 4.01. The third-order valence-corrected chi connectivity index (χ3v) is 4.01. The van der Waals surface area contributed by atoms with Crippen molar-refractivity contribution >= 4 is 35.8 Å². The number of halogens is 1. The molecule has 130 valence electrons. The quantitative estimate of drug-likeness (QED) is 0.287. The van der Waals surface area contributed by atoms with Gasteiger partial charge in [0.05, 0.1) is 6.54 Å². The Morgan fingerprint density at radius 1 is 1.26 bits per heavy atom. The van der Waals surface area contributed by atoms with Crippen LogP contribution in [0.3, 0.4) is 0 Å². The van der Waals surface area contributed by atoms with Gasteiger partial charge in [-0.05, 0) is 30.9 Å². The van der Waals surface area contributed by atoms with E-state index < -0.39 is 0 Å². The van der Waals surface area contributed by atoms with Crippen LogP contribution in [0, 0.1) is 0 Å². The predicted octanol–water partition coefficient (Wildman–Crippen LogP) is 3.28. The third kappa shape index (κ3) is 7.37. The standard InChI is InChI=1S/C17H29N5.HI/c1-2-3-4-5-10-19-17(18)21-14-15-8-9-16(20-13-15)22-11-6-7-12-22;/h8-9,13H,2-7,10-12,14H2,1H3,(H3,18,19,21);1H. The van der Waals surface area contributed by atoms with E-state index in [1.807, 2.05) is 6.20 Å². The highest BCUT2D eigenvalue weighted by Crippen LogP contribution is 2.17. The monoisotopic (exact) mass is 431 g/mol. The summed E-state index contributed by atoms with van der Waals surface area (Å²) in [5, 5.41) is 3.17. The molecule has 0 spiro atoms. The number of hydrogen-bond acceptors (Lipinski definition) is 3. The summed E-state index contributed by atoms with van der Waals surface area (Å²) in [6.45, 7) is 5.95.